The topological polar surface area (TPSA) is 100 Å². The summed E-state index contributed by atoms with van der Waals surface area (Å²) in [5, 5.41) is 16.6. The third-order valence-corrected chi connectivity index (χ3v) is 1.77. The molecule has 0 spiro atoms. The van der Waals surface area contributed by atoms with Crippen LogP contribution in [-0.4, -0.2) is 32.1 Å². The molecule has 7 heteroatoms. The second-order valence-electron chi connectivity index (χ2n) is 3.04. The maximum Gasteiger partial charge on any atom is 0.354 e. The molecule has 19 heavy (non-hydrogen) atoms. The van der Waals surface area contributed by atoms with E-state index >= 15 is 0 Å². The standard InChI is InChI=1S/2C6H5NO2.ClH/c2*8-6(9)5-3-1-2-4-7-5;/h2*1-4H,(H,8,9);1H. The van der Waals surface area contributed by atoms with E-state index in [0.29, 0.717) is 0 Å². The van der Waals surface area contributed by atoms with Crippen molar-refractivity contribution in [2.45, 2.75) is 0 Å². The molecule has 6 nitrogen and oxygen atoms in total. The number of nitrogens with zero attached hydrogens (tertiary/aromatic N) is 2. The van der Waals surface area contributed by atoms with E-state index < -0.39 is 11.9 Å². The van der Waals surface area contributed by atoms with Crippen molar-refractivity contribution in [2.75, 3.05) is 0 Å². The van der Waals surface area contributed by atoms with Gasteiger partial charge in [-0.25, -0.2) is 19.6 Å². The van der Waals surface area contributed by atoms with Gasteiger partial charge in [0.2, 0.25) is 0 Å². The summed E-state index contributed by atoms with van der Waals surface area (Å²) < 4.78 is 0. The lowest BCUT2D eigenvalue weighted by Crippen LogP contribution is -1.97. The van der Waals surface area contributed by atoms with Gasteiger partial charge >= 0.3 is 11.9 Å². The maximum absolute atomic E-state index is 10.1. The molecule has 0 bridgehead atoms. The average molecular weight is 283 g/mol. The Balaban J connectivity index is 0.000000324. The van der Waals surface area contributed by atoms with Crippen molar-refractivity contribution in [3.63, 3.8) is 0 Å². The molecule has 2 heterocycles. The van der Waals surface area contributed by atoms with Gasteiger partial charge in [0.15, 0.2) is 0 Å². The molecule has 2 aromatic heterocycles. The van der Waals surface area contributed by atoms with E-state index in [9.17, 15) is 9.59 Å². The van der Waals surface area contributed by atoms with Gasteiger partial charge in [-0.3, -0.25) is 0 Å². The van der Waals surface area contributed by atoms with Gasteiger partial charge < -0.3 is 10.2 Å². The van der Waals surface area contributed by atoms with E-state index in [1.807, 2.05) is 0 Å². The highest BCUT2D eigenvalue weighted by Crippen LogP contribution is 1.91. The van der Waals surface area contributed by atoms with Crippen LogP contribution in [0, 0.1) is 0 Å². The van der Waals surface area contributed by atoms with Gasteiger partial charge in [0.1, 0.15) is 11.4 Å². The monoisotopic (exact) mass is 282 g/mol. The number of rotatable bonds is 2. The number of pyridine rings is 2. The van der Waals surface area contributed by atoms with Gasteiger partial charge in [0.05, 0.1) is 0 Å². The van der Waals surface area contributed by atoms with Crippen molar-refractivity contribution in [1.29, 1.82) is 0 Å². The highest BCUT2D eigenvalue weighted by Gasteiger charge is 1.99. The van der Waals surface area contributed by atoms with Crippen molar-refractivity contribution < 1.29 is 19.8 Å². The van der Waals surface area contributed by atoms with Gasteiger partial charge in [0, 0.05) is 12.4 Å². The normalized spacial score (nSPS) is 8.42. The third kappa shape index (κ3) is 6.13. The number of halogens is 1. The molecule has 0 fully saturated rings. The molecule has 0 aromatic carbocycles. The molecular formula is C12H11ClN2O4. The van der Waals surface area contributed by atoms with Crippen LogP contribution in [0.15, 0.2) is 48.8 Å². The first kappa shape index (κ1) is 16.5. The first-order valence-electron chi connectivity index (χ1n) is 4.90. The fourth-order valence-electron chi connectivity index (χ4n) is 0.979. The molecule has 0 unspecified atom stereocenters. The Kier molecular flexibility index (Phi) is 7.48. The summed E-state index contributed by atoms with van der Waals surface area (Å²) >= 11 is 0. The Morgan fingerprint density at radius 3 is 1.32 bits per heavy atom. The predicted molar refractivity (Wildman–Crippen MR) is 69.6 cm³/mol. The number of carbonyl (C=O) groups is 2. The van der Waals surface area contributed by atoms with Crippen LogP contribution >= 0.6 is 12.4 Å². The predicted octanol–water partition coefficient (Wildman–Crippen LogP) is 1.98. The molecule has 0 aliphatic carbocycles. The van der Waals surface area contributed by atoms with Crippen LogP contribution in [0.5, 0.6) is 0 Å². The first-order valence-corrected chi connectivity index (χ1v) is 4.90. The molecule has 2 aromatic rings. The second kappa shape index (κ2) is 8.60. The summed E-state index contributed by atoms with van der Waals surface area (Å²) in [5.74, 6) is -1.98. The van der Waals surface area contributed by atoms with E-state index in [2.05, 4.69) is 9.97 Å². The zero-order valence-electron chi connectivity index (χ0n) is 9.63. The van der Waals surface area contributed by atoms with Crippen LogP contribution in [0.3, 0.4) is 0 Å². The summed E-state index contributed by atoms with van der Waals surface area (Å²) in [4.78, 5) is 27.4. The molecule has 0 aliphatic heterocycles. The summed E-state index contributed by atoms with van der Waals surface area (Å²) in [7, 11) is 0. The van der Waals surface area contributed by atoms with Crippen LogP contribution in [0.4, 0.5) is 0 Å². The summed E-state index contributed by atoms with van der Waals surface area (Å²) in [6, 6.07) is 9.51. The summed E-state index contributed by atoms with van der Waals surface area (Å²) in [6.07, 6.45) is 2.90. The second-order valence-corrected chi connectivity index (χ2v) is 3.04. The summed E-state index contributed by atoms with van der Waals surface area (Å²) in [5.41, 5.74) is 0.162. The van der Waals surface area contributed by atoms with Crippen molar-refractivity contribution in [3.8, 4) is 0 Å². The van der Waals surface area contributed by atoms with Crippen LogP contribution in [0.1, 0.15) is 21.0 Å². The highest BCUT2D eigenvalue weighted by molar-refractivity contribution is 5.85. The smallest absolute Gasteiger partial charge is 0.354 e. The van der Waals surface area contributed by atoms with Crippen molar-refractivity contribution in [3.05, 3.63) is 60.2 Å². The molecule has 0 saturated carbocycles. The number of carboxylic acids is 2. The fraction of sp³-hybridized carbons (Fsp3) is 0. The Labute approximate surface area is 115 Å². The van der Waals surface area contributed by atoms with Gasteiger partial charge in [0.25, 0.3) is 0 Å². The number of hydrogen-bond donors (Lipinski definition) is 2. The fourth-order valence-corrected chi connectivity index (χ4v) is 0.979. The largest absolute Gasteiger partial charge is 0.477 e. The van der Waals surface area contributed by atoms with Crippen LogP contribution in [0.2, 0.25) is 0 Å². The van der Waals surface area contributed by atoms with Gasteiger partial charge in [-0.05, 0) is 24.3 Å². The summed E-state index contributed by atoms with van der Waals surface area (Å²) in [6.45, 7) is 0. The molecule has 100 valence electrons. The lowest BCUT2D eigenvalue weighted by Gasteiger charge is -1.87. The molecule has 2 rings (SSSR count). The Bertz CT molecular complexity index is 470. The van der Waals surface area contributed by atoms with Gasteiger partial charge in [-0.1, -0.05) is 12.1 Å². The number of aromatic carboxylic acids is 2. The number of hydrogen-bond acceptors (Lipinski definition) is 4. The van der Waals surface area contributed by atoms with E-state index in [4.69, 9.17) is 10.2 Å². The molecular weight excluding hydrogens is 272 g/mol. The Morgan fingerprint density at radius 1 is 0.789 bits per heavy atom. The molecule has 0 radical (unpaired) electrons. The molecule has 0 saturated heterocycles. The van der Waals surface area contributed by atoms with Crippen LogP contribution < -0.4 is 0 Å². The minimum Gasteiger partial charge on any atom is -0.477 e. The number of aromatic nitrogens is 2. The minimum atomic E-state index is -0.990. The maximum atomic E-state index is 10.1. The van der Waals surface area contributed by atoms with E-state index in [-0.39, 0.29) is 23.8 Å². The van der Waals surface area contributed by atoms with Crippen molar-refractivity contribution in [2.24, 2.45) is 0 Å². The van der Waals surface area contributed by atoms with Gasteiger partial charge in [-0.2, -0.15) is 0 Å². The average Bonchev–Trinajstić information content (AvgIpc) is 2.41. The van der Waals surface area contributed by atoms with Crippen molar-refractivity contribution in [1.82, 2.24) is 9.97 Å². The SMILES string of the molecule is Cl.O=C(O)c1ccccn1.O=C(O)c1ccccn1. The van der Waals surface area contributed by atoms with Crippen LogP contribution in [-0.2, 0) is 0 Å². The zero-order chi connectivity index (χ0) is 13.4. The Hall–Kier alpha value is -2.47. The molecule has 0 amide bonds. The lowest BCUT2D eigenvalue weighted by atomic mass is 10.4. The molecule has 2 N–H and O–H groups in total. The van der Waals surface area contributed by atoms with Crippen LogP contribution in [0.25, 0.3) is 0 Å². The number of carboxylic acid groups (broad SMARTS) is 2. The molecule has 0 aliphatic rings. The lowest BCUT2D eigenvalue weighted by molar-refractivity contribution is 0.0680. The third-order valence-electron chi connectivity index (χ3n) is 1.77. The van der Waals surface area contributed by atoms with E-state index in [1.165, 1.54) is 24.5 Å². The quantitative estimate of drug-likeness (QED) is 0.873. The van der Waals surface area contributed by atoms with Gasteiger partial charge in [-0.15, -0.1) is 12.4 Å². The Morgan fingerprint density at radius 2 is 1.16 bits per heavy atom. The van der Waals surface area contributed by atoms with E-state index in [0.717, 1.165) is 0 Å². The van der Waals surface area contributed by atoms with Crippen molar-refractivity contribution >= 4 is 24.3 Å². The van der Waals surface area contributed by atoms with E-state index in [1.54, 1.807) is 24.3 Å². The highest BCUT2D eigenvalue weighted by atomic mass is 35.5. The molecule has 0 atom stereocenters. The zero-order valence-corrected chi connectivity index (χ0v) is 10.4. The minimum absolute atomic E-state index is 0. The first-order chi connectivity index (χ1) is 8.61.